The maximum atomic E-state index is 12.8. The average molecular weight is 443 g/mol. The summed E-state index contributed by atoms with van der Waals surface area (Å²) in [5.74, 6) is -0.346. The predicted molar refractivity (Wildman–Crippen MR) is 124 cm³/mol. The highest BCUT2D eigenvalue weighted by molar-refractivity contribution is 7.18. The normalized spacial score (nSPS) is 11.9. The first-order chi connectivity index (χ1) is 14.0. The van der Waals surface area contributed by atoms with Crippen LogP contribution in [-0.4, -0.2) is 22.0 Å². The van der Waals surface area contributed by atoms with Crippen LogP contribution in [0.4, 0.5) is 10.1 Å². The van der Waals surface area contributed by atoms with Crippen molar-refractivity contribution in [3.8, 4) is 0 Å². The first kappa shape index (κ1) is 22.1. The number of nitrogens with one attached hydrogen (secondary N) is 2. The molecule has 3 rings (SSSR count). The fourth-order valence-corrected chi connectivity index (χ4v) is 4.55. The Labute approximate surface area is 184 Å². The zero-order chi connectivity index (χ0) is 22.1. The van der Waals surface area contributed by atoms with Gasteiger partial charge in [0.25, 0.3) is 5.91 Å². The van der Waals surface area contributed by atoms with Crippen molar-refractivity contribution in [2.24, 2.45) is 5.41 Å². The maximum absolute atomic E-state index is 12.8. The van der Waals surface area contributed by atoms with E-state index in [9.17, 15) is 9.59 Å². The molecule has 0 atom stereocenters. The van der Waals surface area contributed by atoms with Crippen molar-refractivity contribution in [3.05, 3.63) is 57.4 Å². The summed E-state index contributed by atoms with van der Waals surface area (Å²) in [7, 11) is 0. The number of carbonyl (C=O) groups excluding carboxylic acids is 2. The van der Waals surface area contributed by atoms with Crippen LogP contribution in [0.1, 0.15) is 60.4 Å². The molecule has 3 aromatic rings. The van der Waals surface area contributed by atoms with Gasteiger partial charge in [0, 0.05) is 10.8 Å². The van der Waals surface area contributed by atoms with Gasteiger partial charge in [0.1, 0.15) is 5.01 Å². The minimum absolute atomic E-state index is 0.0902. The quantitative estimate of drug-likeness (QED) is 0.549. The molecule has 0 spiro atoms. The van der Waals surface area contributed by atoms with E-state index in [-0.39, 0.29) is 17.2 Å². The Hall–Kier alpha value is -2.58. The molecule has 6 nitrogen and oxygen atoms in total. The molecule has 0 unspecified atom stereocenters. The van der Waals surface area contributed by atoms with Crippen LogP contribution >= 0.6 is 22.7 Å². The molecule has 2 aromatic heterocycles. The van der Waals surface area contributed by atoms with E-state index in [1.54, 1.807) is 0 Å². The van der Waals surface area contributed by atoms with E-state index in [1.165, 1.54) is 22.7 Å². The number of hydrogen-bond acceptors (Lipinski definition) is 6. The number of nitrogens with zero attached hydrogens (tertiary/aromatic N) is 2. The summed E-state index contributed by atoms with van der Waals surface area (Å²) in [6, 6.07) is 11.9. The summed E-state index contributed by atoms with van der Waals surface area (Å²) in [5.41, 5.74) is 1.11. The molecule has 8 heteroatoms. The molecule has 1 aromatic carbocycles. The molecule has 0 aliphatic rings. The summed E-state index contributed by atoms with van der Waals surface area (Å²) < 4.78 is 0. The fourth-order valence-electron chi connectivity index (χ4n) is 2.73. The van der Waals surface area contributed by atoms with E-state index >= 15 is 0 Å². The number of carbonyl (C=O) groups is 2. The number of benzene rings is 1. The lowest BCUT2D eigenvalue weighted by Crippen LogP contribution is -2.27. The standard InChI is InChI=1S/C22H26N4O2S2/c1-13-12-15(23-18(28)21(2,3)4)29-16(13)17(27)24-20-26-25-19(30-20)22(5,6)14-10-8-7-9-11-14/h7-12H,1-6H3,(H,23,28)(H,24,26,27). The van der Waals surface area contributed by atoms with Crippen LogP contribution in [0.3, 0.4) is 0 Å². The second-order valence-electron chi connectivity index (χ2n) is 8.68. The molecular formula is C22H26N4O2S2. The van der Waals surface area contributed by atoms with E-state index in [2.05, 4.69) is 46.8 Å². The van der Waals surface area contributed by atoms with Gasteiger partial charge in [-0.2, -0.15) is 0 Å². The second kappa shape index (κ2) is 8.28. The summed E-state index contributed by atoms with van der Waals surface area (Å²) in [6.45, 7) is 11.6. The minimum atomic E-state index is -0.505. The van der Waals surface area contributed by atoms with Crippen LogP contribution in [0.15, 0.2) is 36.4 Å². The van der Waals surface area contributed by atoms with Gasteiger partial charge in [0.2, 0.25) is 11.0 Å². The van der Waals surface area contributed by atoms with Crippen LogP contribution in [-0.2, 0) is 10.2 Å². The predicted octanol–water partition coefficient (Wildman–Crippen LogP) is 5.47. The maximum Gasteiger partial charge on any atom is 0.267 e. The Bertz CT molecular complexity index is 1060. The second-order valence-corrected chi connectivity index (χ2v) is 10.7. The highest BCUT2D eigenvalue weighted by Gasteiger charge is 2.28. The largest absolute Gasteiger partial charge is 0.317 e. The molecule has 30 heavy (non-hydrogen) atoms. The van der Waals surface area contributed by atoms with E-state index < -0.39 is 5.41 Å². The van der Waals surface area contributed by atoms with Crippen molar-refractivity contribution >= 4 is 44.6 Å². The van der Waals surface area contributed by atoms with Crippen molar-refractivity contribution in [1.82, 2.24) is 10.2 Å². The lowest BCUT2D eigenvalue weighted by Gasteiger charge is -2.21. The molecule has 0 bridgehead atoms. The van der Waals surface area contributed by atoms with Crippen LogP contribution in [0, 0.1) is 12.3 Å². The Morgan fingerprint density at radius 1 is 0.933 bits per heavy atom. The Kier molecular flexibility index (Phi) is 6.10. The molecule has 0 fully saturated rings. The van der Waals surface area contributed by atoms with Gasteiger partial charge < -0.3 is 5.32 Å². The van der Waals surface area contributed by atoms with Crippen LogP contribution in [0.5, 0.6) is 0 Å². The van der Waals surface area contributed by atoms with E-state index in [0.29, 0.717) is 15.0 Å². The highest BCUT2D eigenvalue weighted by atomic mass is 32.1. The van der Waals surface area contributed by atoms with Crippen molar-refractivity contribution in [2.45, 2.75) is 47.0 Å². The Morgan fingerprint density at radius 2 is 1.60 bits per heavy atom. The Balaban J connectivity index is 1.74. The van der Waals surface area contributed by atoms with Crippen molar-refractivity contribution in [1.29, 1.82) is 0 Å². The number of thiophene rings is 1. The smallest absolute Gasteiger partial charge is 0.267 e. The molecule has 2 amide bonds. The molecular weight excluding hydrogens is 416 g/mol. The molecule has 2 heterocycles. The highest BCUT2D eigenvalue weighted by Crippen LogP contribution is 2.35. The SMILES string of the molecule is Cc1cc(NC(=O)C(C)(C)C)sc1C(=O)Nc1nnc(C(C)(C)c2ccccc2)s1. The first-order valence-electron chi connectivity index (χ1n) is 9.61. The third kappa shape index (κ3) is 4.76. The van der Waals surface area contributed by atoms with Crippen molar-refractivity contribution in [3.63, 3.8) is 0 Å². The number of aromatic nitrogens is 2. The Morgan fingerprint density at radius 3 is 2.23 bits per heavy atom. The minimum Gasteiger partial charge on any atom is -0.317 e. The molecule has 0 aliphatic heterocycles. The summed E-state index contributed by atoms with van der Waals surface area (Å²) in [5, 5.41) is 16.1. The van der Waals surface area contributed by atoms with Gasteiger partial charge >= 0.3 is 0 Å². The van der Waals surface area contributed by atoms with Gasteiger partial charge in [-0.25, -0.2) is 0 Å². The molecule has 158 valence electrons. The molecule has 2 N–H and O–H groups in total. The van der Waals surface area contributed by atoms with E-state index in [0.717, 1.165) is 16.1 Å². The van der Waals surface area contributed by atoms with Gasteiger partial charge in [-0.3, -0.25) is 14.9 Å². The van der Waals surface area contributed by atoms with Crippen LogP contribution < -0.4 is 10.6 Å². The number of anilines is 2. The van der Waals surface area contributed by atoms with Crippen molar-refractivity contribution < 1.29 is 9.59 Å². The zero-order valence-corrected chi connectivity index (χ0v) is 19.6. The average Bonchev–Trinajstić information content (AvgIpc) is 3.28. The summed E-state index contributed by atoms with van der Waals surface area (Å²) in [4.78, 5) is 25.5. The van der Waals surface area contributed by atoms with Crippen LogP contribution in [0.25, 0.3) is 0 Å². The van der Waals surface area contributed by atoms with Gasteiger partial charge in [-0.05, 0) is 38.0 Å². The fraction of sp³-hybridized carbons (Fsp3) is 0.364. The van der Waals surface area contributed by atoms with Gasteiger partial charge in [-0.15, -0.1) is 21.5 Å². The summed E-state index contributed by atoms with van der Waals surface area (Å²) in [6.07, 6.45) is 0. The lowest BCUT2D eigenvalue weighted by molar-refractivity contribution is -0.123. The number of aryl methyl sites for hydroxylation is 1. The van der Waals surface area contributed by atoms with Gasteiger partial charge in [-0.1, -0.05) is 62.4 Å². The zero-order valence-electron chi connectivity index (χ0n) is 18.0. The third-order valence-electron chi connectivity index (χ3n) is 4.72. The summed E-state index contributed by atoms with van der Waals surface area (Å²) >= 11 is 2.62. The van der Waals surface area contributed by atoms with Gasteiger partial charge in [0.15, 0.2) is 0 Å². The number of amides is 2. The monoisotopic (exact) mass is 442 g/mol. The van der Waals surface area contributed by atoms with Crippen molar-refractivity contribution in [2.75, 3.05) is 10.6 Å². The van der Waals surface area contributed by atoms with Crippen LogP contribution in [0.2, 0.25) is 0 Å². The molecule has 0 saturated heterocycles. The number of hydrogen-bond donors (Lipinski definition) is 2. The molecule has 0 saturated carbocycles. The van der Waals surface area contributed by atoms with E-state index in [1.807, 2.05) is 52.0 Å². The number of rotatable bonds is 5. The van der Waals surface area contributed by atoms with Gasteiger partial charge in [0.05, 0.1) is 9.88 Å². The third-order valence-corrected chi connectivity index (χ3v) is 7.03. The first-order valence-corrected chi connectivity index (χ1v) is 11.2. The van der Waals surface area contributed by atoms with E-state index in [4.69, 9.17) is 0 Å². The lowest BCUT2D eigenvalue weighted by atomic mass is 9.85. The topological polar surface area (TPSA) is 84.0 Å². The molecule has 0 radical (unpaired) electrons. The molecule has 0 aliphatic carbocycles.